The highest BCUT2D eigenvalue weighted by Gasteiger charge is 2.31. The highest BCUT2D eigenvalue weighted by atomic mass is 35.5. The third-order valence-electron chi connectivity index (χ3n) is 5.53. The highest BCUT2D eigenvalue weighted by molar-refractivity contribution is 6.33. The Hall–Kier alpha value is -2.26. The molecule has 0 radical (unpaired) electrons. The fourth-order valence-electron chi connectivity index (χ4n) is 3.77. The van der Waals surface area contributed by atoms with Crippen LogP contribution in [0.2, 0.25) is 10.0 Å². The van der Waals surface area contributed by atoms with E-state index in [0.29, 0.717) is 32.9 Å². The van der Waals surface area contributed by atoms with Crippen LogP contribution < -0.4 is 21.1 Å². The predicted octanol–water partition coefficient (Wildman–Crippen LogP) is 3.30. The molecule has 2 heterocycles. The van der Waals surface area contributed by atoms with E-state index in [1.165, 1.54) is 13.2 Å². The first-order chi connectivity index (χ1) is 15.4. The summed E-state index contributed by atoms with van der Waals surface area (Å²) >= 11 is 12.2. The summed E-state index contributed by atoms with van der Waals surface area (Å²) in [6.45, 7) is 3.25. The number of ether oxygens (including phenoxy) is 2. The largest absolute Gasteiger partial charge is 0.496 e. The van der Waals surface area contributed by atoms with E-state index in [0.717, 1.165) is 39.0 Å². The Morgan fingerprint density at radius 2 is 2.12 bits per heavy atom. The molecule has 10 heteroatoms. The number of halogens is 2. The van der Waals surface area contributed by atoms with Crippen molar-refractivity contribution in [2.45, 2.75) is 25.0 Å². The zero-order valence-electron chi connectivity index (χ0n) is 18.2. The van der Waals surface area contributed by atoms with E-state index in [4.69, 9.17) is 38.4 Å². The van der Waals surface area contributed by atoms with Gasteiger partial charge in [0.1, 0.15) is 11.6 Å². The van der Waals surface area contributed by atoms with Crippen LogP contribution in [-0.2, 0) is 4.74 Å². The summed E-state index contributed by atoms with van der Waals surface area (Å²) in [6, 6.07) is 6.59. The number of methoxy groups -OCH3 is 2. The van der Waals surface area contributed by atoms with E-state index in [2.05, 4.69) is 20.5 Å². The molecule has 0 bridgehead atoms. The number of rotatable bonds is 9. The number of nitrogens with two attached hydrogens (primary N) is 1. The topological polar surface area (TPSA) is 102 Å². The van der Waals surface area contributed by atoms with Gasteiger partial charge in [-0.2, -0.15) is 0 Å². The third-order valence-corrected chi connectivity index (χ3v) is 6.16. The fourth-order valence-corrected chi connectivity index (χ4v) is 4.13. The molecule has 1 aliphatic rings. The van der Waals surface area contributed by atoms with Crippen molar-refractivity contribution in [2.75, 3.05) is 51.4 Å². The van der Waals surface area contributed by atoms with Crippen LogP contribution in [0.3, 0.4) is 0 Å². The summed E-state index contributed by atoms with van der Waals surface area (Å²) in [6.07, 6.45) is 3.29. The van der Waals surface area contributed by atoms with Crippen LogP contribution in [-0.4, -0.2) is 68.3 Å². The number of hydrogen-bond donors (Lipinski definition) is 3. The van der Waals surface area contributed by atoms with Crippen molar-refractivity contribution in [1.29, 1.82) is 0 Å². The number of likely N-dealkylation sites (tertiary alicyclic amines) is 1. The first-order valence-electron chi connectivity index (χ1n) is 10.5. The quantitative estimate of drug-likeness (QED) is 0.372. The molecule has 4 N–H and O–H groups in total. The molecule has 32 heavy (non-hydrogen) atoms. The average molecular weight is 482 g/mol. The minimum atomic E-state index is -0.263. The number of nitrogens with zero attached hydrogens (tertiary/aromatic N) is 2. The minimum Gasteiger partial charge on any atom is -0.496 e. The van der Waals surface area contributed by atoms with Crippen LogP contribution in [0.5, 0.6) is 5.75 Å². The molecule has 0 spiro atoms. The number of aromatic nitrogens is 1. The maximum Gasteiger partial charge on any atom is 0.255 e. The molecule has 1 aromatic heterocycles. The van der Waals surface area contributed by atoms with E-state index in [9.17, 15) is 4.79 Å². The van der Waals surface area contributed by atoms with Gasteiger partial charge >= 0.3 is 0 Å². The van der Waals surface area contributed by atoms with Gasteiger partial charge in [0, 0.05) is 39.0 Å². The Bertz CT molecular complexity index is 930. The Morgan fingerprint density at radius 1 is 1.31 bits per heavy atom. The monoisotopic (exact) mass is 481 g/mol. The van der Waals surface area contributed by atoms with E-state index < -0.39 is 0 Å². The van der Waals surface area contributed by atoms with E-state index in [1.807, 2.05) is 6.07 Å². The number of amides is 1. The maximum absolute atomic E-state index is 12.9. The molecular weight excluding hydrogens is 453 g/mol. The molecule has 1 saturated heterocycles. The zero-order valence-corrected chi connectivity index (χ0v) is 19.7. The SMILES string of the molecule is COc1cc(N)c(Cl)cc1C(=O)N[C@@H]1CCN(CCCNc2ncccc2Cl)C[C@@H]1OC. The smallest absolute Gasteiger partial charge is 0.255 e. The van der Waals surface area contributed by atoms with Crippen molar-refractivity contribution >= 4 is 40.6 Å². The first kappa shape index (κ1) is 24.4. The van der Waals surface area contributed by atoms with Crippen molar-refractivity contribution in [1.82, 2.24) is 15.2 Å². The molecule has 3 rings (SSSR count). The lowest BCUT2D eigenvalue weighted by molar-refractivity contribution is 0.00638. The highest BCUT2D eigenvalue weighted by Crippen LogP contribution is 2.29. The van der Waals surface area contributed by atoms with Gasteiger partial charge in [-0.1, -0.05) is 23.2 Å². The van der Waals surface area contributed by atoms with Crippen LogP contribution in [0, 0.1) is 0 Å². The lowest BCUT2D eigenvalue weighted by Crippen LogP contribution is -2.55. The molecule has 0 aliphatic carbocycles. The number of benzene rings is 1. The van der Waals surface area contributed by atoms with Crippen molar-refractivity contribution in [3.63, 3.8) is 0 Å². The van der Waals surface area contributed by atoms with Crippen LogP contribution in [0.1, 0.15) is 23.2 Å². The van der Waals surface area contributed by atoms with Gasteiger partial charge in [-0.15, -0.1) is 0 Å². The van der Waals surface area contributed by atoms with Crippen LogP contribution in [0.4, 0.5) is 11.5 Å². The summed E-state index contributed by atoms with van der Waals surface area (Å²) in [5.74, 6) is 0.820. The maximum atomic E-state index is 12.9. The Morgan fingerprint density at radius 3 is 2.84 bits per heavy atom. The van der Waals surface area contributed by atoms with Gasteiger partial charge < -0.3 is 30.7 Å². The Balaban J connectivity index is 1.50. The molecule has 8 nitrogen and oxygen atoms in total. The summed E-state index contributed by atoms with van der Waals surface area (Å²) in [4.78, 5) is 19.5. The number of nitrogen functional groups attached to an aromatic ring is 1. The zero-order chi connectivity index (χ0) is 23.1. The van der Waals surface area contributed by atoms with Gasteiger partial charge in [0.2, 0.25) is 0 Å². The molecule has 1 amide bonds. The van der Waals surface area contributed by atoms with E-state index in [-0.39, 0.29) is 18.1 Å². The molecule has 0 unspecified atom stereocenters. The molecule has 0 saturated carbocycles. The van der Waals surface area contributed by atoms with Gasteiger partial charge in [-0.05, 0) is 37.6 Å². The molecule has 1 aromatic carbocycles. The summed E-state index contributed by atoms with van der Waals surface area (Å²) in [5.41, 5.74) is 6.53. The summed E-state index contributed by atoms with van der Waals surface area (Å²) < 4.78 is 11.0. The molecule has 2 atom stereocenters. The first-order valence-corrected chi connectivity index (χ1v) is 11.2. The standard InChI is InChI=1S/C22H29Cl2N5O3/c1-31-19-12-17(25)16(24)11-14(19)22(30)28-18-6-10-29(13-20(18)32-2)9-4-8-27-21-15(23)5-3-7-26-21/h3,5,7,11-12,18,20H,4,6,8-10,13,25H2,1-2H3,(H,26,27)(H,28,30)/t18-,20+/m1/s1. The second-order valence-corrected chi connectivity index (χ2v) is 8.45. The normalized spacial score (nSPS) is 18.9. The number of anilines is 2. The van der Waals surface area contributed by atoms with E-state index in [1.54, 1.807) is 25.4 Å². The Labute approximate surface area is 198 Å². The number of piperidine rings is 1. The Kier molecular flexibility index (Phi) is 8.81. The third kappa shape index (κ3) is 6.16. The summed E-state index contributed by atoms with van der Waals surface area (Å²) in [7, 11) is 3.16. The minimum absolute atomic E-state index is 0.116. The van der Waals surface area contributed by atoms with Gasteiger partial charge in [-0.3, -0.25) is 4.79 Å². The second kappa shape index (κ2) is 11.6. The number of carbonyl (C=O) groups excluding carboxylic acids is 1. The van der Waals surface area contributed by atoms with E-state index >= 15 is 0 Å². The van der Waals surface area contributed by atoms with Crippen LogP contribution in [0.15, 0.2) is 30.5 Å². The lowest BCUT2D eigenvalue weighted by Gasteiger charge is -2.38. The molecule has 1 fully saturated rings. The average Bonchev–Trinajstić information content (AvgIpc) is 2.79. The van der Waals surface area contributed by atoms with Crippen LogP contribution in [0.25, 0.3) is 0 Å². The fraction of sp³-hybridized carbons (Fsp3) is 0.455. The second-order valence-electron chi connectivity index (χ2n) is 7.63. The van der Waals surface area contributed by atoms with Gasteiger partial charge in [-0.25, -0.2) is 4.98 Å². The lowest BCUT2D eigenvalue weighted by atomic mass is 10.0. The molecule has 174 valence electrons. The molecule has 2 aromatic rings. The number of hydrogen-bond acceptors (Lipinski definition) is 7. The molecular formula is C22H29Cl2N5O3. The molecule has 1 aliphatic heterocycles. The van der Waals surface area contributed by atoms with Crippen molar-refractivity contribution in [3.8, 4) is 5.75 Å². The van der Waals surface area contributed by atoms with Crippen molar-refractivity contribution in [3.05, 3.63) is 46.1 Å². The number of nitrogens with one attached hydrogen (secondary N) is 2. The predicted molar refractivity (Wildman–Crippen MR) is 128 cm³/mol. The summed E-state index contributed by atoms with van der Waals surface area (Å²) in [5, 5.41) is 7.26. The van der Waals surface area contributed by atoms with Gasteiger partial charge in [0.15, 0.2) is 0 Å². The van der Waals surface area contributed by atoms with Crippen LogP contribution >= 0.6 is 23.2 Å². The van der Waals surface area contributed by atoms with Crippen molar-refractivity contribution in [2.24, 2.45) is 0 Å². The van der Waals surface area contributed by atoms with Gasteiger partial charge in [0.25, 0.3) is 5.91 Å². The van der Waals surface area contributed by atoms with Gasteiger partial charge in [0.05, 0.1) is 40.6 Å². The number of carbonyl (C=O) groups is 1. The number of pyridine rings is 1. The van der Waals surface area contributed by atoms with Crippen molar-refractivity contribution < 1.29 is 14.3 Å².